The molecule has 0 fully saturated rings. The largest absolute Gasteiger partial charge is 0.483 e. The summed E-state index contributed by atoms with van der Waals surface area (Å²) in [7, 11) is 0. The molecular weight excluding hydrogens is 302 g/mol. The highest BCUT2D eigenvalue weighted by Gasteiger charge is 2.10. The maximum Gasteiger partial charge on any atom is 0.262 e. The van der Waals surface area contributed by atoms with Gasteiger partial charge in [-0.2, -0.15) is 0 Å². The van der Waals surface area contributed by atoms with Crippen LogP contribution in [-0.2, 0) is 4.79 Å². The number of amides is 1. The van der Waals surface area contributed by atoms with Crippen molar-refractivity contribution in [1.82, 2.24) is 0 Å². The maximum atomic E-state index is 12.1. The monoisotopic (exact) mass is 319 g/mol. The van der Waals surface area contributed by atoms with Gasteiger partial charge in [-0.3, -0.25) is 9.59 Å². The molecule has 0 radical (unpaired) electrons. The van der Waals surface area contributed by atoms with E-state index in [-0.39, 0.29) is 18.3 Å². The molecule has 0 unspecified atom stereocenters. The van der Waals surface area contributed by atoms with E-state index in [0.717, 1.165) is 10.8 Å². The van der Waals surface area contributed by atoms with Gasteiger partial charge in [0.2, 0.25) is 0 Å². The van der Waals surface area contributed by atoms with Gasteiger partial charge in [-0.15, -0.1) is 0 Å². The number of hydrogen-bond donors (Lipinski definition) is 1. The van der Waals surface area contributed by atoms with Crippen LogP contribution in [0.2, 0.25) is 0 Å². The molecule has 1 N–H and O–H groups in total. The first-order valence-electron chi connectivity index (χ1n) is 7.65. The number of hydrogen-bond acceptors (Lipinski definition) is 3. The minimum Gasteiger partial charge on any atom is -0.483 e. The molecule has 1 amide bonds. The summed E-state index contributed by atoms with van der Waals surface area (Å²) in [5.74, 6) is 0.0443. The van der Waals surface area contributed by atoms with Crippen molar-refractivity contribution in [2.24, 2.45) is 0 Å². The highest BCUT2D eigenvalue weighted by molar-refractivity contribution is 5.97. The molecule has 3 rings (SSSR count). The van der Waals surface area contributed by atoms with Crippen LogP contribution >= 0.6 is 0 Å². The zero-order valence-electron chi connectivity index (χ0n) is 13.3. The Bertz CT molecular complexity index is 902. The molecule has 0 aromatic heterocycles. The lowest BCUT2D eigenvalue weighted by atomic mass is 10.1. The number of carbonyl (C=O) groups is 2. The van der Waals surface area contributed by atoms with Crippen LogP contribution in [0, 0.1) is 0 Å². The van der Waals surface area contributed by atoms with Crippen molar-refractivity contribution in [1.29, 1.82) is 0 Å². The van der Waals surface area contributed by atoms with Crippen LogP contribution in [0.25, 0.3) is 10.8 Å². The van der Waals surface area contributed by atoms with Crippen molar-refractivity contribution in [3.05, 3.63) is 72.3 Å². The number of rotatable bonds is 5. The summed E-state index contributed by atoms with van der Waals surface area (Å²) in [4.78, 5) is 23.6. The summed E-state index contributed by atoms with van der Waals surface area (Å²) in [6.07, 6.45) is 0. The van der Waals surface area contributed by atoms with Crippen LogP contribution in [0.15, 0.2) is 66.7 Å². The molecule has 0 saturated carbocycles. The number of Topliss-reactive ketones (excluding diaryl/α,β-unsaturated/α-hetero) is 1. The molecule has 0 atom stereocenters. The zero-order chi connectivity index (χ0) is 16.9. The number of nitrogens with one attached hydrogen (secondary N) is 1. The Labute approximate surface area is 140 Å². The molecule has 0 aliphatic carbocycles. The van der Waals surface area contributed by atoms with Crippen molar-refractivity contribution < 1.29 is 14.3 Å². The first-order valence-corrected chi connectivity index (χ1v) is 7.65. The highest BCUT2D eigenvalue weighted by Crippen LogP contribution is 2.20. The average Bonchev–Trinajstić information content (AvgIpc) is 2.60. The van der Waals surface area contributed by atoms with E-state index in [2.05, 4.69) is 5.32 Å². The third kappa shape index (κ3) is 3.60. The molecule has 4 nitrogen and oxygen atoms in total. The minimum absolute atomic E-state index is 0.0967. The second kappa shape index (κ2) is 6.96. The molecule has 0 saturated heterocycles. The third-order valence-electron chi connectivity index (χ3n) is 3.66. The molecular formula is C20H17NO3. The topological polar surface area (TPSA) is 55.4 Å². The fourth-order valence-corrected chi connectivity index (χ4v) is 2.49. The minimum atomic E-state index is -0.274. The van der Waals surface area contributed by atoms with Gasteiger partial charge in [-0.1, -0.05) is 42.5 Å². The van der Waals surface area contributed by atoms with Gasteiger partial charge in [0.25, 0.3) is 5.91 Å². The molecule has 0 bridgehead atoms. The standard InChI is InChI=1S/C20H17NO3/c1-14(22)18-8-4-5-9-19(18)24-13-20(23)21-17-11-10-15-6-2-3-7-16(15)12-17/h2-12H,13H2,1H3,(H,21,23). The van der Waals surface area contributed by atoms with E-state index in [0.29, 0.717) is 17.0 Å². The molecule has 0 aliphatic rings. The molecule has 0 aliphatic heterocycles. The number of benzene rings is 3. The summed E-state index contributed by atoms with van der Waals surface area (Å²) in [5.41, 5.74) is 1.18. The van der Waals surface area contributed by atoms with Gasteiger partial charge in [-0.05, 0) is 42.0 Å². The van der Waals surface area contributed by atoms with Crippen LogP contribution < -0.4 is 10.1 Å². The van der Waals surface area contributed by atoms with E-state index in [9.17, 15) is 9.59 Å². The van der Waals surface area contributed by atoms with Gasteiger partial charge in [-0.25, -0.2) is 0 Å². The van der Waals surface area contributed by atoms with Gasteiger partial charge in [0.1, 0.15) is 5.75 Å². The van der Waals surface area contributed by atoms with Crippen molar-refractivity contribution in [2.75, 3.05) is 11.9 Å². The summed E-state index contributed by atoms with van der Waals surface area (Å²) in [6, 6.07) is 20.5. The smallest absolute Gasteiger partial charge is 0.262 e. The van der Waals surface area contributed by atoms with E-state index in [4.69, 9.17) is 4.74 Å². The summed E-state index contributed by atoms with van der Waals surface area (Å²) in [5, 5.41) is 4.97. The Hall–Kier alpha value is -3.14. The summed E-state index contributed by atoms with van der Waals surface area (Å²) < 4.78 is 5.49. The lowest BCUT2D eigenvalue weighted by molar-refractivity contribution is -0.118. The number of ketones is 1. The van der Waals surface area contributed by atoms with Crippen LogP contribution in [-0.4, -0.2) is 18.3 Å². The molecule has 3 aromatic rings. The van der Waals surface area contributed by atoms with Crippen LogP contribution in [0.4, 0.5) is 5.69 Å². The van der Waals surface area contributed by atoms with Gasteiger partial charge < -0.3 is 10.1 Å². The van der Waals surface area contributed by atoms with E-state index >= 15 is 0 Å². The van der Waals surface area contributed by atoms with Crippen molar-refractivity contribution in [3.63, 3.8) is 0 Å². The van der Waals surface area contributed by atoms with Crippen LogP contribution in [0.1, 0.15) is 17.3 Å². The lowest BCUT2D eigenvalue weighted by Crippen LogP contribution is -2.20. The number of para-hydroxylation sites is 1. The molecule has 120 valence electrons. The Balaban J connectivity index is 1.66. The van der Waals surface area contributed by atoms with E-state index in [1.54, 1.807) is 24.3 Å². The fourth-order valence-electron chi connectivity index (χ4n) is 2.49. The first-order chi connectivity index (χ1) is 11.6. The van der Waals surface area contributed by atoms with E-state index in [1.165, 1.54) is 6.92 Å². The fraction of sp³-hybridized carbons (Fsp3) is 0.100. The van der Waals surface area contributed by atoms with E-state index in [1.807, 2.05) is 42.5 Å². The van der Waals surface area contributed by atoms with Gasteiger partial charge in [0, 0.05) is 5.69 Å². The molecule has 0 heterocycles. The predicted octanol–water partition coefficient (Wildman–Crippen LogP) is 4.06. The van der Waals surface area contributed by atoms with Gasteiger partial charge in [0.15, 0.2) is 12.4 Å². The zero-order valence-corrected chi connectivity index (χ0v) is 13.3. The summed E-state index contributed by atoms with van der Waals surface area (Å²) in [6.45, 7) is 1.31. The van der Waals surface area contributed by atoms with Crippen molar-refractivity contribution >= 4 is 28.2 Å². The SMILES string of the molecule is CC(=O)c1ccccc1OCC(=O)Nc1ccc2ccccc2c1. The average molecular weight is 319 g/mol. The van der Waals surface area contributed by atoms with Crippen molar-refractivity contribution in [3.8, 4) is 5.75 Å². The second-order valence-corrected chi connectivity index (χ2v) is 5.45. The molecule has 0 spiro atoms. The second-order valence-electron chi connectivity index (χ2n) is 5.45. The Kier molecular flexibility index (Phi) is 4.57. The Morgan fingerprint density at radius 3 is 2.42 bits per heavy atom. The first kappa shape index (κ1) is 15.7. The molecule has 3 aromatic carbocycles. The summed E-state index contributed by atoms with van der Waals surface area (Å²) >= 11 is 0. The quantitative estimate of drug-likeness (QED) is 0.722. The number of anilines is 1. The van der Waals surface area contributed by atoms with Gasteiger partial charge >= 0.3 is 0 Å². The number of ether oxygens (including phenoxy) is 1. The van der Waals surface area contributed by atoms with Gasteiger partial charge in [0.05, 0.1) is 5.56 Å². The lowest BCUT2D eigenvalue weighted by Gasteiger charge is -2.10. The van der Waals surface area contributed by atoms with Crippen molar-refractivity contribution in [2.45, 2.75) is 6.92 Å². The maximum absolute atomic E-state index is 12.1. The predicted molar refractivity (Wildman–Crippen MR) is 94.5 cm³/mol. The normalized spacial score (nSPS) is 10.4. The van der Waals surface area contributed by atoms with Crippen LogP contribution in [0.3, 0.4) is 0 Å². The molecule has 4 heteroatoms. The Morgan fingerprint density at radius 1 is 0.917 bits per heavy atom. The number of fused-ring (bicyclic) bond motifs is 1. The Morgan fingerprint density at radius 2 is 1.62 bits per heavy atom. The highest BCUT2D eigenvalue weighted by atomic mass is 16.5. The number of carbonyl (C=O) groups excluding carboxylic acids is 2. The third-order valence-corrected chi connectivity index (χ3v) is 3.66. The van der Waals surface area contributed by atoms with E-state index < -0.39 is 0 Å². The molecule has 24 heavy (non-hydrogen) atoms. The van der Waals surface area contributed by atoms with Crippen LogP contribution in [0.5, 0.6) is 5.75 Å².